The van der Waals surface area contributed by atoms with Gasteiger partial charge in [0, 0.05) is 19.3 Å². The Labute approximate surface area is 114 Å². The Morgan fingerprint density at radius 3 is 2.65 bits per heavy atom. The lowest BCUT2D eigenvalue weighted by Gasteiger charge is -2.23. The molecule has 20 heavy (non-hydrogen) atoms. The highest BCUT2D eigenvalue weighted by Gasteiger charge is 2.17. The molecule has 1 aliphatic rings. The van der Waals surface area contributed by atoms with Crippen LogP contribution in [0.3, 0.4) is 0 Å². The minimum Gasteiger partial charge on any atom is -0.478 e. The lowest BCUT2D eigenvalue weighted by molar-refractivity contribution is 0.0696. The van der Waals surface area contributed by atoms with Crippen LogP contribution < -0.4 is 10.6 Å². The molecule has 2 rings (SSSR count). The van der Waals surface area contributed by atoms with Gasteiger partial charge in [-0.1, -0.05) is 0 Å². The van der Waals surface area contributed by atoms with Crippen LogP contribution in [-0.2, 0) is 4.74 Å². The van der Waals surface area contributed by atoms with Gasteiger partial charge in [-0.05, 0) is 31.0 Å². The number of halogens is 1. The van der Waals surface area contributed by atoms with Crippen LogP contribution in [0.4, 0.5) is 14.9 Å². The molecule has 0 spiro atoms. The van der Waals surface area contributed by atoms with Gasteiger partial charge in [-0.2, -0.15) is 0 Å². The number of amides is 2. The first kappa shape index (κ1) is 14.3. The number of hydrogen-bond donors (Lipinski definition) is 3. The minimum atomic E-state index is -1.18. The second kappa shape index (κ2) is 6.33. The number of ether oxygens (including phenoxy) is 1. The van der Waals surface area contributed by atoms with Crippen LogP contribution in [0.2, 0.25) is 0 Å². The molecule has 0 radical (unpaired) electrons. The second-order valence-corrected chi connectivity index (χ2v) is 4.48. The summed E-state index contributed by atoms with van der Waals surface area (Å²) in [4.78, 5) is 22.5. The topological polar surface area (TPSA) is 87.7 Å². The summed E-state index contributed by atoms with van der Waals surface area (Å²) in [6, 6.07) is 2.65. The van der Waals surface area contributed by atoms with Gasteiger partial charge in [0.1, 0.15) is 5.82 Å². The lowest BCUT2D eigenvalue weighted by Crippen LogP contribution is -2.41. The van der Waals surface area contributed by atoms with E-state index in [0.29, 0.717) is 26.1 Å². The third kappa shape index (κ3) is 3.67. The number of rotatable bonds is 3. The van der Waals surface area contributed by atoms with Crippen molar-refractivity contribution in [3.63, 3.8) is 0 Å². The summed E-state index contributed by atoms with van der Waals surface area (Å²) in [7, 11) is 0. The van der Waals surface area contributed by atoms with E-state index < -0.39 is 17.8 Å². The zero-order valence-electron chi connectivity index (χ0n) is 10.7. The highest BCUT2D eigenvalue weighted by Crippen LogP contribution is 2.16. The van der Waals surface area contributed by atoms with E-state index in [0.717, 1.165) is 18.2 Å². The van der Waals surface area contributed by atoms with E-state index in [1.807, 2.05) is 0 Å². The Hall–Kier alpha value is -2.15. The quantitative estimate of drug-likeness (QED) is 0.789. The van der Waals surface area contributed by atoms with Crippen LogP contribution in [0.15, 0.2) is 18.2 Å². The standard InChI is InChI=1S/C13H15FN2O4/c14-10-2-1-8(12(17)18)7-11(10)16-13(19)15-9-3-5-20-6-4-9/h1-2,7,9H,3-6H2,(H,17,18)(H2,15,16,19). The number of hydrogen-bond acceptors (Lipinski definition) is 3. The molecule has 1 fully saturated rings. The van der Waals surface area contributed by atoms with E-state index in [2.05, 4.69) is 10.6 Å². The lowest BCUT2D eigenvalue weighted by atomic mass is 10.1. The van der Waals surface area contributed by atoms with E-state index in [1.54, 1.807) is 0 Å². The molecule has 108 valence electrons. The largest absolute Gasteiger partial charge is 0.478 e. The van der Waals surface area contributed by atoms with Gasteiger partial charge in [0.25, 0.3) is 0 Å². The Morgan fingerprint density at radius 1 is 1.30 bits per heavy atom. The Balaban J connectivity index is 1.99. The van der Waals surface area contributed by atoms with Crippen LogP contribution in [0.1, 0.15) is 23.2 Å². The van der Waals surface area contributed by atoms with Crippen molar-refractivity contribution in [2.75, 3.05) is 18.5 Å². The number of benzene rings is 1. The molecule has 0 atom stereocenters. The van der Waals surface area contributed by atoms with E-state index in [1.165, 1.54) is 0 Å². The molecule has 7 heteroatoms. The fourth-order valence-corrected chi connectivity index (χ4v) is 1.94. The van der Waals surface area contributed by atoms with Crippen molar-refractivity contribution in [1.82, 2.24) is 5.32 Å². The molecule has 1 aliphatic heterocycles. The number of urea groups is 1. The van der Waals surface area contributed by atoms with Gasteiger partial charge in [-0.3, -0.25) is 0 Å². The first-order valence-electron chi connectivity index (χ1n) is 6.24. The summed E-state index contributed by atoms with van der Waals surface area (Å²) in [5.41, 5.74) is -0.248. The van der Waals surface area contributed by atoms with Gasteiger partial charge in [-0.15, -0.1) is 0 Å². The summed E-state index contributed by atoms with van der Waals surface area (Å²) in [5, 5.41) is 13.9. The normalized spacial score (nSPS) is 15.7. The number of aromatic carboxylic acids is 1. The molecule has 0 unspecified atom stereocenters. The summed E-state index contributed by atoms with van der Waals surface area (Å²) in [6.07, 6.45) is 1.40. The van der Waals surface area contributed by atoms with Gasteiger partial charge >= 0.3 is 12.0 Å². The number of carboxylic acids is 1. The predicted octanol–water partition coefficient (Wildman–Crippen LogP) is 1.82. The maximum Gasteiger partial charge on any atom is 0.335 e. The van der Waals surface area contributed by atoms with E-state index in [4.69, 9.17) is 9.84 Å². The molecule has 3 N–H and O–H groups in total. The molecule has 0 aromatic heterocycles. The highest BCUT2D eigenvalue weighted by atomic mass is 19.1. The molecule has 0 saturated carbocycles. The van der Waals surface area contributed by atoms with Crippen molar-refractivity contribution in [2.24, 2.45) is 0 Å². The van der Waals surface area contributed by atoms with Crippen LogP contribution in [0, 0.1) is 5.82 Å². The van der Waals surface area contributed by atoms with Crippen molar-refractivity contribution in [1.29, 1.82) is 0 Å². The summed E-state index contributed by atoms with van der Waals surface area (Å²) >= 11 is 0. The molecule has 1 saturated heterocycles. The summed E-state index contributed by atoms with van der Waals surface area (Å²) < 4.78 is 18.7. The van der Waals surface area contributed by atoms with Gasteiger partial charge in [0.15, 0.2) is 0 Å². The number of carbonyl (C=O) groups excluding carboxylic acids is 1. The maximum atomic E-state index is 13.5. The van der Waals surface area contributed by atoms with Crippen LogP contribution in [0.25, 0.3) is 0 Å². The molecular weight excluding hydrogens is 267 g/mol. The van der Waals surface area contributed by atoms with Gasteiger partial charge in [0.2, 0.25) is 0 Å². The number of carbonyl (C=O) groups is 2. The average Bonchev–Trinajstić information content (AvgIpc) is 2.42. The first-order chi connectivity index (χ1) is 9.56. The molecule has 1 aromatic rings. The second-order valence-electron chi connectivity index (χ2n) is 4.48. The Bertz CT molecular complexity index is 515. The SMILES string of the molecule is O=C(Nc1cc(C(=O)O)ccc1F)NC1CCOCC1. The zero-order valence-corrected chi connectivity index (χ0v) is 10.7. The Morgan fingerprint density at radius 2 is 2.00 bits per heavy atom. The molecule has 6 nitrogen and oxygen atoms in total. The molecule has 1 aromatic carbocycles. The maximum absolute atomic E-state index is 13.5. The van der Waals surface area contributed by atoms with E-state index in [-0.39, 0.29) is 17.3 Å². The molecule has 1 heterocycles. The van der Waals surface area contributed by atoms with Gasteiger partial charge < -0.3 is 20.5 Å². The van der Waals surface area contributed by atoms with E-state index >= 15 is 0 Å². The molecule has 0 bridgehead atoms. The smallest absolute Gasteiger partial charge is 0.335 e. The van der Waals surface area contributed by atoms with Crippen LogP contribution >= 0.6 is 0 Å². The van der Waals surface area contributed by atoms with Crippen LogP contribution in [-0.4, -0.2) is 36.4 Å². The summed E-state index contributed by atoms with van der Waals surface area (Å²) in [6.45, 7) is 1.15. The van der Waals surface area contributed by atoms with E-state index in [9.17, 15) is 14.0 Å². The van der Waals surface area contributed by atoms with Gasteiger partial charge in [-0.25, -0.2) is 14.0 Å². The fraction of sp³-hybridized carbons (Fsp3) is 0.385. The highest BCUT2D eigenvalue weighted by molar-refractivity contribution is 5.93. The third-order valence-electron chi connectivity index (χ3n) is 3.02. The Kier molecular flexibility index (Phi) is 4.52. The number of carboxylic acid groups (broad SMARTS) is 1. The van der Waals surface area contributed by atoms with Crippen molar-refractivity contribution >= 4 is 17.7 Å². The van der Waals surface area contributed by atoms with Gasteiger partial charge in [0.05, 0.1) is 11.3 Å². The monoisotopic (exact) mass is 282 g/mol. The molecule has 2 amide bonds. The first-order valence-corrected chi connectivity index (χ1v) is 6.24. The number of anilines is 1. The third-order valence-corrected chi connectivity index (χ3v) is 3.02. The average molecular weight is 282 g/mol. The molecule has 0 aliphatic carbocycles. The minimum absolute atomic E-state index is 0.0190. The van der Waals surface area contributed by atoms with Crippen molar-refractivity contribution in [2.45, 2.75) is 18.9 Å². The molecular formula is C13H15FN2O4. The fourth-order valence-electron chi connectivity index (χ4n) is 1.94. The van der Waals surface area contributed by atoms with Crippen molar-refractivity contribution < 1.29 is 23.8 Å². The zero-order chi connectivity index (χ0) is 14.5. The van der Waals surface area contributed by atoms with Crippen LogP contribution in [0.5, 0.6) is 0 Å². The van der Waals surface area contributed by atoms with Crippen molar-refractivity contribution in [3.05, 3.63) is 29.6 Å². The number of nitrogens with one attached hydrogen (secondary N) is 2. The summed E-state index contributed by atoms with van der Waals surface area (Å²) in [5.74, 6) is -1.87. The van der Waals surface area contributed by atoms with Crippen molar-refractivity contribution in [3.8, 4) is 0 Å². The predicted molar refractivity (Wildman–Crippen MR) is 69.4 cm³/mol.